The van der Waals surface area contributed by atoms with E-state index in [0.717, 1.165) is 36.7 Å². The molecule has 2 rings (SSSR count). The maximum Gasteiger partial charge on any atom is 0.213 e. The number of piperidine rings is 1. The Labute approximate surface area is 128 Å². The maximum absolute atomic E-state index is 14.7. The smallest absolute Gasteiger partial charge is 0.213 e. The van der Waals surface area contributed by atoms with Gasteiger partial charge in [-0.1, -0.05) is 23.4 Å². The first-order chi connectivity index (χ1) is 9.92. The monoisotopic (exact) mass is 307 g/mol. The first-order valence-electron chi connectivity index (χ1n) is 7.70. The molecule has 0 saturated carbocycles. The predicted molar refractivity (Wildman–Crippen MR) is 88.3 cm³/mol. The number of nitrogens with one attached hydrogen (secondary N) is 1. The van der Waals surface area contributed by atoms with Crippen molar-refractivity contribution in [1.29, 1.82) is 0 Å². The topological polar surface area (TPSA) is 21.3 Å². The summed E-state index contributed by atoms with van der Waals surface area (Å²) in [6.07, 6.45) is 2.01. The van der Waals surface area contributed by atoms with Crippen molar-refractivity contribution in [2.45, 2.75) is 45.4 Å². The first kappa shape index (κ1) is 16.4. The fourth-order valence-corrected chi connectivity index (χ4v) is 3.30. The zero-order valence-electron chi connectivity index (χ0n) is 13.3. The van der Waals surface area contributed by atoms with Gasteiger partial charge in [-0.2, -0.15) is 0 Å². The van der Waals surface area contributed by atoms with Crippen LogP contribution in [0.4, 0.5) is 4.39 Å². The number of hydrogen-bond donors (Lipinski definition) is 1. The molecule has 1 saturated heterocycles. The third kappa shape index (κ3) is 4.02. The van der Waals surface area contributed by atoms with Gasteiger partial charge in [-0.25, -0.2) is 4.39 Å². The number of hydrogen-bond acceptors (Lipinski definition) is 2. The summed E-state index contributed by atoms with van der Waals surface area (Å²) < 4.78 is 20.7. The van der Waals surface area contributed by atoms with Gasteiger partial charge in [0.15, 0.2) is 0 Å². The molecule has 0 atom stereocenters. The van der Waals surface area contributed by atoms with Gasteiger partial charge in [-0.3, -0.25) is 0 Å². The summed E-state index contributed by atoms with van der Waals surface area (Å²) in [7, 11) is -1.91. The number of benzene rings is 1. The Hall–Kier alpha value is -0.973. The molecule has 4 heteroatoms. The number of allylic oxidation sites excluding steroid dienone is 1. The van der Waals surface area contributed by atoms with E-state index in [1.165, 1.54) is 0 Å². The highest BCUT2D eigenvalue weighted by Crippen LogP contribution is 2.29. The van der Waals surface area contributed by atoms with E-state index in [1.807, 2.05) is 25.1 Å². The van der Waals surface area contributed by atoms with Gasteiger partial charge in [-0.15, -0.1) is 6.58 Å². The molecule has 1 aliphatic heterocycles. The zero-order chi connectivity index (χ0) is 15.5. The molecule has 1 N–H and O–H groups in total. The Kier molecular flexibility index (Phi) is 5.36. The molecule has 1 aliphatic rings. The SMILES string of the molecule is C=C(C)[Si](C)(C)OCc1cccc(C2CCNCC2)c1F. The normalized spacial score (nSPS) is 17.0. The van der Waals surface area contributed by atoms with Crippen LogP contribution in [0.5, 0.6) is 0 Å². The Morgan fingerprint density at radius 2 is 2.05 bits per heavy atom. The molecule has 0 unspecified atom stereocenters. The molecular formula is C17H26FNOSi. The minimum Gasteiger partial charge on any atom is -0.409 e. The highest BCUT2D eigenvalue weighted by Gasteiger charge is 2.25. The first-order valence-corrected chi connectivity index (χ1v) is 10.6. The standard InChI is InChI=1S/C17H26FNOSi/c1-13(2)21(3,4)20-12-15-6-5-7-16(17(15)18)14-8-10-19-11-9-14/h5-7,14,19H,1,8-12H2,2-4H3. The van der Waals surface area contributed by atoms with Crippen molar-refractivity contribution in [3.05, 3.63) is 46.9 Å². The van der Waals surface area contributed by atoms with Crippen LogP contribution in [0.25, 0.3) is 0 Å². The van der Waals surface area contributed by atoms with Crippen molar-refractivity contribution in [3.63, 3.8) is 0 Å². The van der Waals surface area contributed by atoms with E-state index in [2.05, 4.69) is 25.0 Å². The lowest BCUT2D eigenvalue weighted by Gasteiger charge is -2.26. The van der Waals surface area contributed by atoms with Crippen LogP contribution in [0.2, 0.25) is 13.1 Å². The second-order valence-electron chi connectivity index (χ2n) is 6.42. The summed E-state index contributed by atoms with van der Waals surface area (Å²) in [5.74, 6) is 0.258. The number of halogens is 1. The molecule has 1 aromatic carbocycles. The van der Waals surface area contributed by atoms with Crippen molar-refractivity contribution in [1.82, 2.24) is 5.32 Å². The lowest BCUT2D eigenvalue weighted by Crippen LogP contribution is -2.32. The molecule has 116 valence electrons. The summed E-state index contributed by atoms with van der Waals surface area (Å²) in [5.41, 5.74) is 1.53. The molecule has 1 aromatic rings. The Balaban J connectivity index is 2.12. The van der Waals surface area contributed by atoms with Gasteiger partial charge in [0.25, 0.3) is 0 Å². The Morgan fingerprint density at radius 1 is 1.38 bits per heavy atom. The van der Waals surface area contributed by atoms with Crippen LogP contribution in [0.15, 0.2) is 30.0 Å². The van der Waals surface area contributed by atoms with Gasteiger partial charge >= 0.3 is 0 Å². The van der Waals surface area contributed by atoms with E-state index >= 15 is 0 Å². The lowest BCUT2D eigenvalue weighted by molar-refractivity contribution is 0.293. The lowest BCUT2D eigenvalue weighted by atomic mass is 9.89. The predicted octanol–water partition coefficient (Wildman–Crippen LogP) is 4.13. The van der Waals surface area contributed by atoms with Crippen LogP contribution >= 0.6 is 0 Å². The van der Waals surface area contributed by atoms with Gasteiger partial charge in [0.2, 0.25) is 8.32 Å². The van der Waals surface area contributed by atoms with Crippen molar-refractivity contribution in [3.8, 4) is 0 Å². The number of rotatable bonds is 5. The molecule has 21 heavy (non-hydrogen) atoms. The summed E-state index contributed by atoms with van der Waals surface area (Å²) in [5, 5.41) is 4.41. The van der Waals surface area contributed by atoms with Crippen LogP contribution in [0, 0.1) is 5.82 Å². The Bertz CT molecular complexity index is 510. The zero-order valence-corrected chi connectivity index (χ0v) is 14.3. The molecular weight excluding hydrogens is 281 g/mol. The van der Waals surface area contributed by atoms with Crippen LogP contribution in [-0.2, 0) is 11.0 Å². The average molecular weight is 307 g/mol. The van der Waals surface area contributed by atoms with E-state index < -0.39 is 8.32 Å². The Morgan fingerprint density at radius 3 is 2.67 bits per heavy atom. The van der Waals surface area contributed by atoms with E-state index in [9.17, 15) is 4.39 Å². The quantitative estimate of drug-likeness (QED) is 0.826. The fourth-order valence-electron chi connectivity index (χ4n) is 2.54. The molecule has 0 aliphatic carbocycles. The highest BCUT2D eigenvalue weighted by molar-refractivity contribution is 6.78. The molecule has 1 fully saturated rings. The summed E-state index contributed by atoms with van der Waals surface area (Å²) in [4.78, 5) is 0. The van der Waals surface area contributed by atoms with Gasteiger partial charge in [-0.05, 0) is 57.4 Å². The molecule has 0 aromatic heterocycles. The molecule has 0 radical (unpaired) electrons. The summed E-state index contributed by atoms with van der Waals surface area (Å²) in [6.45, 7) is 12.5. The van der Waals surface area contributed by atoms with Crippen molar-refractivity contribution in [2.75, 3.05) is 13.1 Å². The van der Waals surface area contributed by atoms with Crippen LogP contribution in [0.3, 0.4) is 0 Å². The van der Waals surface area contributed by atoms with Crippen molar-refractivity contribution < 1.29 is 8.82 Å². The summed E-state index contributed by atoms with van der Waals surface area (Å²) in [6, 6.07) is 5.72. The van der Waals surface area contributed by atoms with Gasteiger partial charge in [0.1, 0.15) is 5.82 Å². The molecule has 1 heterocycles. The van der Waals surface area contributed by atoms with Gasteiger partial charge in [0.05, 0.1) is 6.61 Å². The fraction of sp³-hybridized carbons (Fsp3) is 0.529. The second-order valence-corrected chi connectivity index (χ2v) is 10.6. The van der Waals surface area contributed by atoms with E-state index in [-0.39, 0.29) is 5.82 Å². The highest BCUT2D eigenvalue weighted by atomic mass is 28.4. The average Bonchev–Trinajstić information content (AvgIpc) is 2.47. The van der Waals surface area contributed by atoms with E-state index in [4.69, 9.17) is 4.43 Å². The van der Waals surface area contributed by atoms with Crippen molar-refractivity contribution >= 4 is 8.32 Å². The minimum atomic E-state index is -1.91. The largest absolute Gasteiger partial charge is 0.409 e. The molecule has 0 bridgehead atoms. The molecule has 0 amide bonds. The summed E-state index contributed by atoms with van der Waals surface area (Å²) >= 11 is 0. The van der Waals surface area contributed by atoms with E-state index in [1.54, 1.807) is 0 Å². The minimum absolute atomic E-state index is 0.0732. The van der Waals surface area contributed by atoms with Crippen LogP contribution < -0.4 is 5.32 Å². The van der Waals surface area contributed by atoms with Gasteiger partial charge in [0, 0.05) is 5.56 Å². The molecule has 0 spiro atoms. The second kappa shape index (κ2) is 6.86. The van der Waals surface area contributed by atoms with E-state index in [0.29, 0.717) is 18.1 Å². The molecule has 2 nitrogen and oxygen atoms in total. The van der Waals surface area contributed by atoms with Crippen LogP contribution in [-0.4, -0.2) is 21.4 Å². The van der Waals surface area contributed by atoms with Crippen molar-refractivity contribution in [2.24, 2.45) is 0 Å². The van der Waals surface area contributed by atoms with Crippen LogP contribution in [0.1, 0.15) is 36.8 Å². The third-order valence-corrected chi connectivity index (χ3v) is 7.43. The van der Waals surface area contributed by atoms with Gasteiger partial charge < -0.3 is 9.74 Å². The maximum atomic E-state index is 14.7. The third-order valence-electron chi connectivity index (χ3n) is 4.50.